The molecule has 27 heavy (non-hydrogen) atoms. The number of carbonyl (C=O) groups is 2. The maximum Gasteiger partial charge on any atom is 0.250 e. The van der Waals surface area contributed by atoms with Gasteiger partial charge in [0.1, 0.15) is 5.54 Å². The number of carbonyl (C=O) groups excluding carboxylic acids is 2. The Labute approximate surface area is 161 Å². The molecule has 2 N–H and O–H groups in total. The van der Waals surface area contributed by atoms with Gasteiger partial charge in [-0.15, -0.1) is 0 Å². The first-order valence-electron chi connectivity index (χ1n) is 10.2. The molecule has 0 aromatic heterocycles. The Hall–Kier alpha value is -2.08. The number of likely N-dealkylation sites (tertiary alicyclic amines) is 2. The van der Waals surface area contributed by atoms with Gasteiger partial charge in [-0.2, -0.15) is 0 Å². The zero-order valence-corrected chi connectivity index (χ0v) is 16.3. The van der Waals surface area contributed by atoms with Crippen LogP contribution in [0.25, 0.3) is 0 Å². The molecule has 6 heteroatoms. The lowest BCUT2D eigenvalue weighted by atomic mass is 9.84. The molecular formula is C21H30N4O2. The fraction of sp³-hybridized carbons (Fsp3) is 0.619. The third-order valence-corrected chi connectivity index (χ3v) is 6.65. The van der Waals surface area contributed by atoms with E-state index in [1.165, 1.54) is 19.3 Å². The predicted octanol–water partition coefficient (Wildman–Crippen LogP) is 2.67. The number of anilines is 2. The van der Waals surface area contributed by atoms with Crippen LogP contribution < -0.4 is 10.6 Å². The molecule has 2 fully saturated rings. The molecule has 0 saturated carbocycles. The number of fused-ring (bicyclic) bond motifs is 1. The highest BCUT2D eigenvalue weighted by molar-refractivity contribution is 6.06. The van der Waals surface area contributed by atoms with Gasteiger partial charge in [-0.05, 0) is 51.7 Å². The maximum absolute atomic E-state index is 12.9. The van der Waals surface area contributed by atoms with E-state index in [4.69, 9.17) is 0 Å². The molecule has 1 aromatic carbocycles. The van der Waals surface area contributed by atoms with E-state index in [0.717, 1.165) is 11.4 Å². The molecule has 1 spiro atoms. The Balaban J connectivity index is 1.39. The molecule has 3 heterocycles. The minimum atomic E-state index is -0.600. The van der Waals surface area contributed by atoms with Gasteiger partial charge in [0, 0.05) is 25.2 Å². The fourth-order valence-corrected chi connectivity index (χ4v) is 4.79. The number of nitrogens with zero attached hydrogens (tertiary/aromatic N) is 2. The molecule has 146 valence electrons. The van der Waals surface area contributed by atoms with Gasteiger partial charge in [0.2, 0.25) is 11.8 Å². The lowest BCUT2D eigenvalue weighted by Gasteiger charge is -2.45. The number of nitrogens with one attached hydrogen (secondary N) is 2. The van der Waals surface area contributed by atoms with E-state index < -0.39 is 5.54 Å². The van der Waals surface area contributed by atoms with E-state index in [2.05, 4.69) is 29.4 Å². The molecule has 2 saturated heterocycles. The van der Waals surface area contributed by atoms with Crippen molar-refractivity contribution < 1.29 is 9.59 Å². The van der Waals surface area contributed by atoms with Crippen LogP contribution >= 0.6 is 0 Å². The number of hydrogen-bond acceptors (Lipinski definition) is 4. The Morgan fingerprint density at radius 3 is 2.41 bits per heavy atom. The van der Waals surface area contributed by atoms with E-state index in [-0.39, 0.29) is 11.8 Å². The summed E-state index contributed by atoms with van der Waals surface area (Å²) in [7, 11) is 0. The van der Waals surface area contributed by atoms with E-state index in [0.29, 0.717) is 44.6 Å². The molecule has 0 aliphatic carbocycles. The van der Waals surface area contributed by atoms with Crippen molar-refractivity contribution in [3.05, 3.63) is 24.3 Å². The number of benzene rings is 1. The zero-order valence-electron chi connectivity index (χ0n) is 16.3. The normalized spacial score (nSPS) is 27.6. The first kappa shape index (κ1) is 18.3. The van der Waals surface area contributed by atoms with Crippen molar-refractivity contribution in [3.8, 4) is 0 Å². The molecule has 3 aliphatic heterocycles. The van der Waals surface area contributed by atoms with Gasteiger partial charge < -0.3 is 15.5 Å². The highest BCUT2D eigenvalue weighted by Gasteiger charge is 2.45. The molecule has 0 bridgehead atoms. The van der Waals surface area contributed by atoms with Gasteiger partial charge >= 0.3 is 0 Å². The standard InChI is InChI=1S/C21H30N4O2/c1-15-6-5-7-16(2)25(15)14-19(26)24-12-10-21(11-13-24)20(27)22-17-8-3-4-9-18(17)23-21/h3-4,8-9,15-16,23H,5-7,10-14H2,1-2H3,(H,22,27)/t15-,16+. The van der Waals surface area contributed by atoms with Gasteiger partial charge in [0.05, 0.1) is 17.9 Å². The second-order valence-corrected chi connectivity index (χ2v) is 8.39. The summed E-state index contributed by atoms with van der Waals surface area (Å²) in [4.78, 5) is 29.9. The van der Waals surface area contributed by atoms with Gasteiger partial charge in [-0.3, -0.25) is 14.5 Å². The molecule has 0 radical (unpaired) electrons. The zero-order chi connectivity index (χ0) is 19.0. The average molecular weight is 370 g/mol. The average Bonchev–Trinajstić information content (AvgIpc) is 2.66. The van der Waals surface area contributed by atoms with Crippen molar-refractivity contribution in [2.24, 2.45) is 0 Å². The van der Waals surface area contributed by atoms with Crippen LogP contribution in [0.2, 0.25) is 0 Å². The molecule has 6 nitrogen and oxygen atoms in total. The summed E-state index contributed by atoms with van der Waals surface area (Å²) >= 11 is 0. The molecule has 2 atom stereocenters. The van der Waals surface area contributed by atoms with Crippen molar-refractivity contribution in [3.63, 3.8) is 0 Å². The first-order valence-corrected chi connectivity index (χ1v) is 10.2. The number of piperidine rings is 2. The Morgan fingerprint density at radius 2 is 1.74 bits per heavy atom. The van der Waals surface area contributed by atoms with Gasteiger partial charge in [0.25, 0.3) is 0 Å². The highest BCUT2D eigenvalue weighted by Crippen LogP contribution is 2.36. The van der Waals surface area contributed by atoms with Crippen LogP contribution in [0.15, 0.2) is 24.3 Å². The second kappa shape index (κ2) is 7.15. The summed E-state index contributed by atoms with van der Waals surface area (Å²) in [5.41, 5.74) is 1.20. The van der Waals surface area contributed by atoms with Gasteiger partial charge in [-0.25, -0.2) is 0 Å². The van der Waals surface area contributed by atoms with Crippen LogP contribution in [0.4, 0.5) is 11.4 Å². The topological polar surface area (TPSA) is 64.7 Å². The molecule has 0 unspecified atom stereocenters. The third-order valence-electron chi connectivity index (χ3n) is 6.65. The summed E-state index contributed by atoms with van der Waals surface area (Å²) in [6, 6.07) is 8.73. The Kier molecular flexibility index (Phi) is 4.84. The fourth-order valence-electron chi connectivity index (χ4n) is 4.79. The summed E-state index contributed by atoms with van der Waals surface area (Å²) in [6.07, 6.45) is 4.88. The van der Waals surface area contributed by atoms with Crippen molar-refractivity contribution in [1.82, 2.24) is 9.80 Å². The largest absolute Gasteiger partial charge is 0.369 e. The second-order valence-electron chi connectivity index (χ2n) is 8.39. The van der Waals surface area contributed by atoms with Crippen molar-refractivity contribution in [1.29, 1.82) is 0 Å². The first-order chi connectivity index (χ1) is 13.0. The van der Waals surface area contributed by atoms with Crippen LogP contribution in [0.3, 0.4) is 0 Å². The van der Waals surface area contributed by atoms with E-state index in [1.807, 2.05) is 29.2 Å². The molecule has 3 aliphatic rings. The minimum Gasteiger partial charge on any atom is -0.369 e. The molecule has 4 rings (SSSR count). The third kappa shape index (κ3) is 3.43. The summed E-state index contributed by atoms with van der Waals surface area (Å²) in [6.45, 7) is 6.19. The van der Waals surface area contributed by atoms with Crippen LogP contribution in [0, 0.1) is 0 Å². The molecule has 1 aromatic rings. The van der Waals surface area contributed by atoms with E-state index >= 15 is 0 Å². The molecular weight excluding hydrogens is 340 g/mol. The van der Waals surface area contributed by atoms with Crippen molar-refractivity contribution >= 4 is 23.2 Å². The van der Waals surface area contributed by atoms with Crippen molar-refractivity contribution in [2.45, 2.75) is 63.6 Å². The van der Waals surface area contributed by atoms with Crippen LogP contribution in [0.5, 0.6) is 0 Å². The smallest absolute Gasteiger partial charge is 0.250 e. The molecule has 2 amide bonds. The Morgan fingerprint density at radius 1 is 1.11 bits per heavy atom. The number of para-hydroxylation sites is 2. The summed E-state index contributed by atoms with van der Waals surface area (Å²) in [5.74, 6) is 0.216. The van der Waals surface area contributed by atoms with Crippen LogP contribution in [-0.4, -0.2) is 58.9 Å². The van der Waals surface area contributed by atoms with Gasteiger partial charge in [0.15, 0.2) is 0 Å². The van der Waals surface area contributed by atoms with Crippen LogP contribution in [-0.2, 0) is 9.59 Å². The van der Waals surface area contributed by atoms with Crippen molar-refractivity contribution in [2.75, 3.05) is 30.3 Å². The van der Waals surface area contributed by atoms with Crippen LogP contribution in [0.1, 0.15) is 46.0 Å². The highest BCUT2D eigenvalue weighted by atomic mass is 16.2. The lowest BCUT2D eigenvalue weighted by molar-refractivity contribution is -0.137. The minimum absolute atomic E-state index is 0.0200. The summed E-state index contributed by atoms with van der Waals surface area (Å²) in [5, 5.41) is 6.49. The summed E-state index contributed by atoms with van der Waals surface area (Å²) < 4.78 is 0. The van der Waals surface area contributed by atoms with E-state index in [1.54, 1.807) is 0 Å². The number of amides is 2. The Bertz CT molecular complexity index is 717. The maximum atomic E-state index is 12.9. The lowest BCUT2D eigenvalue weighted by Crippen LogP contribution is -2.60. The predicted molar refractivity (Wildman–Crippen MR) is 107 cm³/mol. The number of hydrogen-bond donors (Lipinski definition) is 2. The SMILES string of the molecule is C[C@@H]1CCC[C@H](C)N1CC(=O)N1CCC2(CC1)Nc1ccccc1NC2=O. The van der Waals surface area contributed by atoms with Gasteiger partial charge in [-0.1, -0.05) is 18.6 Å². The van der Waals surface area contributed by atoms with E-state index in [9.17, 15) is 9.59 Å². The number of rotatable bonds is 2. The monoisotopic (exact) mass is 370 g/mol. The quantitative estimate of drug-likeness (QED) is 0.840.